The molecule has 0 saturated heterocycles. The van der Waals surface area contributed by atoms with Crippen molar-refractivity contribution in [1.82, 2.24) is 9.80 Å². The van der Waals surface area contributed by atoms with Crippen LogP contribution in [0.15, 0.2) is 25.1 Å². The summed E-state index contributed by atoms with van der Waals surface area (Å²) in [4.78, 5) is 4.59. The van der Waals surface area contributed by atoms with E-state index in [4.69, 9.17) is 0 Å². The SMILES string of the molecule is Br.C=CCN1C=CN(CCCC)C1. The summed E-state index contributed by atoms with van der Waals surface area (Å²) in [5.74, 6) is 0. The topological polar surface area (TPSA) is 6.48 Å². The molecular formula is C10H19BrN2. The largest absolute Gasteiger partial charge is 0.359 e. The monoisotopic (exact) mass is 246 g/mol. The van der Waals surface area contributed by atoms with E-state index in [1.165, 1.54) is 19.4 Å². The molecule has 76 valence electrons. The predicted molar refractivity (Wildman–Crippen MR) is 62.8 cm³/mol. The molecule has 0 fully saturated rings. The van der Waals surface area contributed by atoms with Gasteiger partial charge in [0.25, 0.3) is 0 Å². The first-order chi connectivity index (χ1) is 5.86. The van der Waals surface area contributed by atoms with Gasteiger partial charge in [0.15, 0.2) is 0 Å². The Labute approximate surface area is 91.7 Å². The van der Waals surface area contributed by atoms with E-state index >= 15 is 0 Å². The third kappa shape index (κ3) is 4.36. The van der Waals surface area contributed by atoms with Crippen LogP contribution in [0.4, 0.5) is 0 Å². The minimum absolute atomic E-state index is 0. The fraction of sp³-hybridized carbons (Fsp3) is 0.600. The Morgan fingerprint density at radius 2 is 2.08 bits per heavy atom. The van der Waals surface area contributed by atoms with E-state index < -0.39 is 0 Å². The molecule has 1 aliphatic heterocycles. The van der Waals surface area contributed by atoms with Gasteiger partial charge in [-0.25, -0.2) is 0 Å². The molecule has 0 spiro atoms. The van der Waals surface area contributed by atoms with Crippen LogP contribution in [-0.4, -0.2) is 29.6 Å². The lowest BCUT2D eigenvalue weighted by molar-refractivity contribution is 0.278. The lowest BCUT2D eigenvalue weighted by Gasteiger charge is -2.19. The Bertz CT molecular complexity index is 168. The fourth-order valence-corrected chi connectivity index (χ4v) is 1.31. The number of rotatable bonds is 5. The molecule has 0 atom stereocenters. The normalized spacial score (nSPS) is 14.5. The lowest BCUT2D eigenvalue weighted by atomic mass is 10.3. The maximum atomic E-state index is 3.72. The lowest BCUT2D eigenvalue weighted by Crippen LogP contribution is -2.25. The zero-order chi connectivity index (χ0) is 8.81. The van der Waals surface area contributed by atoms with Crippen LogP contribution in [0.5, 0.6) is 0 Å². The highest BCUT2D eigenvalue weighted by molar-refractivity contribution is 8.93. The van der Waals surface area contributed by atoms with Gasteiger partial charge in [-0.05, 0) is 6.42 Å². The zero-order valence-electron chi connectivity index (χ0n) is 8.28. The molecular weight excluding hydrogens is 228 g/mol. The summed E-state index contributed by atoms with van der Waals surface area (Å²) < 4.78 is 0. The van der Waals surface area contributed by atoms with Crippen LogP contribution in [0.3, 0.4) is 0 Å². The molecule has 1 aliphatic rings. The van der Waals surface area contributed by atoms with Crippen molar-refractivity contribution in [3.63, 3.8) is 0 Å². The molecule has 1 heterocycles. The van der Waals surface area contributed by atoms with E-state index in [9.17, 15) is 0 Å². The quantitative estimate of drug-likeness (QED) is 0.689. The van der Waals surface area contributed by atoms with Crippen LogP contribution in [0.25, 0.3) is 0 Å². The second kappa shape index (κ2) is 7.01. The molecule has 0 aromatic carbocycles. The van der Waals surface area contributed by atoms with Crippen molar-refractivity contribution < 1.29 is 0 Å². The highest BCUT2D eigenvalue weighted by atomic mass is 79.9. The summed E-state index contributed by atoms with van der Waals surface area (Å²) in [6.45, 7) is 9.11. The minimum Gasteiger partial charge on any atom is -0.359 e. The second-order valence-corrected chi connectivity index (χ2v) is 3.17. The number of hydrogen-bond acceptors (Lipinski definition) is 2. The van der Waals surface area contributed by atoms with E-state index in [1.807, 2.05) is 6.08 Å². The molecule has 0 aliphatic carbocycles. The van der Waals surface area contributed by atoms with Crippen molar-refractivity contribution in [2.45, 2.75) is 19.8 Å². The van der Waals surface area contributed by atoms with Gasteiger partial charge in [-0.2, -0.15) is 0 Å². The van der Waals surface area contributed by atoms with Crippen molar-refractivity contribution in [3.05, 3.63) is 25.1 Å². The zero-order valence-corrected chi connectivity index (χ0v) is 9.99. The van der Waals surface area contributed by atoms with Gasteiger partial charge in [0, 0.05) is 25.5 Å². The van der Waals surface area contributed by atoms with Crippen LogP contribution < -0.4 is 0 Å². The minimum atomic E-state index is 0. The Morgan fingerprint density at radius 3 is 2.69 bits per heavy atom. The standard InChI is InChI=1S/C10H18N2.BrH/c1-3-5-7-12-9-8-11(10-12)6-4-2;/h4,8-9H,2-3,5-7,10H2,1H3;1H. The average Bonchev–Trinajstić information content (AvgIpc) is 2.50. The van der Waals surface area contributed by atoms with Gasteiger partial charge in [-0.3, -0.25) is 0 Å². The summed E-state index contributed by atoms with van der Waals surface area (Å²) in [5, 5.41) is 0. The number of nitrogens with zero attached hydrogens (tertiary/aromatic N) is 2. The molecule has 3 heteroatoms. The van der Waals surface area contributed by atoms with Crippen molar-refractivity contribution in [2.24, 2.45) is 0 Å². The summed E-state index contributed by atoms with van der Waals surface area (Å²) in [6.07, 6.45) is 8.79. The van der Waals surface area contributed by atoms with E-state index in [-0.39, 0.29) is 17.0 Å². The molecule has 0 radical (unpaired) electrons. The first-order valence-electron chi connectivity index (χ1n) is 4.64. The van der Waals surface area contributed by atoms with Crippen molar-refractivity contribution in [3.8, 4) is 0 Å². The summed E-state index contributed by atoms with van der Waals surface area (Å²) in [6, 6.07) is 0. The maximum Gasteiger partial charge on any atom is 0.0896 e. The molecule has 13 heavy (non-hydrogen) atoms. The number of unbranched alkanes of at least 4 members (excludes halogenated alkanes) is 1. The number of hydrogen-bond donors (Lipinski definition) is 0. The van der Waals surface area contributed by atoms with E-state index in [0.717, 1.165) is 13.2 Å². The van der Waals surface area contributed by atoms with Crippen molar-refractivity contribution in [1.29, 1.82) is 0 Å². The van der Waals surface area contributed by atoms with Crippen molar-refractivity contribution in [2.75, 3.05) is 19.8 Å². The summed E-state index contributed by atoms with van der Waals surface area (Å²) >= 11 is 0. The molecule has 1 rings (SSSR count). The first-order valence-corrected chi connectivity index (χ1v) is 4.64. The van der Waals surface area contributed by atoms with Crippen LogP contribution in [-0.2, 0) is 0 Å². The Kier molecular flexibility index (Phi) is 6.77. The van der Waals surface area contributed by atoms with Gasteiger partial charge in [0.05, 0.1) is 6.67 Å². The Balaban J connectivity index is 0.00000144. The van der Waals surface area contributed by atoms with Gasteiger partial charge >= 0.3 is 0 Å². The van der Waals surface area contributed by atoms with Crippen LogP contribution in [0.1, 0.15) is 19.8 Å². The van der Waals surface area contributed by atoms with Gasteiger partial charge in [-0.1, -0.05) is 19.4 Å². The van der Waals surface area contributed by atoms with Gasteiger partial charge in [-0.15, -0.1) is 23.6 Å². The van der Waals surface area contributed by atoms with Crippen molar-refractivity contribution >= 4 is 17.0 Å². The smallest absolute Gasteiger partial charge is 0.0896 e. The third-order valence-corrected chi connectivity index (χ3v) is 2.01. The highest BCUT2D eigenvalue weighted by Gasteiger charge is 2.08. The third-order valence-electron chi connectivity index (χ3n) is 2.01. The van der Waals surface area contributed by atoms with Gasteiger partial charge in [0.2, 0.25) is 0 Å². The first kappa shape index (κ1) is 12.6. The van der Waals surface area contributed by atoms with Gasteiger partial charge < -0.3 is 9.80 Å². The second-order valence-electron chi connectivity index (χ2n) is 3.17. The number of halogens is 1. The van der Waals surface area contributed by atoms with E-state index in [0.29, 0.717) is 0 Å². The molecule has 0 aromatic heterocycles. The molecule has 0 N–H and O–H groups in total. The molecule has 0 amide bonds. The Hall–Kier alpha value is -0.440. The van der Waals surface area contributed by atoms with Crippen LogP contribution in [0, 0.1) is 0 Å². The summed E-state index contributed by atoms with van der Waals surface area (Å²) in [5.41, 5.74) is 0. The fourth-order valence-electron chi connectivity index (χ4n) is 1.31. The van der Waals surface area contributed by atoms with Crippen LogP contribution >= 0.6 is 17.0 Å². The maximum absolute atomic E-state index is 3.72. The highest BCUT2D eigenvalue weighted by Crippen LogP contribution is 2.06. The Morgan fingerprint density at radius 1 is 1.38 bits per heavy atom. The van der Waals surface area contributed by atoms with E-state index in [2.05, 4.69) is 35.7 Å². The molecule has 2 nitrogen and oxygen atoms in total. The molecule has 0 unspecified atom stereocenters. The molecule has 0 saturated carbocycles. The predicted octanol–water partition coefficient (Wildman–Crippen LogP) is 2.60. The summed E-state index contributed by atoms with van der Waals surface area (Å²) in [7, 11) is 0. The van der Waals surface area contributed by atoms with Gasteiger partial charge in [0.1, 0.15) is 0 Å². The van der Waals surface area contributed by atoms with Crippen LogP contribution in [0.2, 0.25) is 0 Å². The molecule has 0 bridgehead atoms. The van der Waals surface area contributed by atoms with E-state index in [1.54, 1.807) is 0 Å². The molecule has 0 aromatic rings. The average molecular weight is 247 g/mol.